The highest BCUT2D eigenvalue weighted by molar-refractivity contribution is 4.59. The average Bonchev–Trinajstić information content (AvgIpc) is 2.11. The summed E-state index contributed by atoms with van der Waals surface area (Å²) >= 11 is 0. The molecule has 0 saturated carbocycles. The first-order valence-corrected chi connectivity index (χ1v) is 5.26. The van der Waals surface area contributed by atoms with Crippen molar-refractivity contribution in [3.05, 3.63) is 0 Å². The molecule has 0 aromatic rings. The van der Waals surface area contributed by atoms with Crippen LogP contribution in [0.3, 0.4) is 0 Å². The molecule has 13 heavy (non-hydrogen) atoms. The number of hydrogen-bond donors (Lipinski definition) is 3. The summed E-state index contributed by atoms with van der Waals surface area (Å²) in [5.41, 5.74) is 0. The van der Waals surface area contributed by atoms with E-state index in [9.17, 15) is 0 Å². The van der Waals surface area contributed by atoms with Crippen LogP contribution in [0, 0.1) is 0 Å². The molecule has 0 heterocycles. The lowest BCUT2D eigenvalue weighted by molar-refractivity contribution is 0.268. The molecule has 3 N–H and O–H groups in total. The topological polar surface area (TPSA) is 52.5 Å². The van der Waals surface area contributed by atoms with Gasteiger partial charge in [0.2, 0.25) is 0 Å². The van der Waals surface area contributed by atoms with E-state index in [1.807, 2.05) is 0 Å². The quantitative estimate of drug-likeness (QED) is 0.472. The first kappa shape index (κ1) is 12.9. The zero-order valence-electron chi connectivity index (χ0n) is 8.63. The minimum absolute atomic E-state index is 0.263. The van der Waals surface area contributed by atoms with Crippen LogP contribution in [0.1, 0.15) is 39.0 Å². The smallest absolute Gasteiger partial charge is 0.0445 e. The zero-order valence-corrected chi connectivity index (χ0v) is 8.63. The summed E-state index contributed by atoms with van der Waals surface area (Å²) < 4.78 is 0. The van der Waals surface area contributed by atoms with Crippen LogP contribution in [-0.2, 0) is 0 Å². The summed E-state index contributed by atoms with van der Waals surface area (Å²) in [5, 5.41) is 20.5. The largest absolute Gasteiger partial charge is 0.396 e. The second-order valence-electron chi connectivity index (χ2n) is 3.51. The summed E-state index contributed by atoms with van der Waals surface area (Å²) in [5.74, 6) is 0. The van der Waals surface area contributed by atoms with Gasteiger partial charge in [0.15, 0.2) is 0 Å². The van der Waals surface area contributed by atoms with Crippen molar-refractivity contribution in [1.29, 1.82) is 0 Å². The fourth-order valence-corrected chi connectivity index (χ4v) is 1.23. The van der Waals surface area contributed by atoms with Crippen LogP contribution in [0.4, 0.5) is 0 Å². The summed E-state index contributed by atoms with van der Waals surface area (Å²) in [7, 11) is 0. The Balaban J connectivity index is 2.97. The van der Waals surface area contributed by atoms with Crippen molar-refractivity contribution in [2.75, 3.05) is 19.8 Å². The third-order valence-corrected chi connectivity index (χ3v) is 2.14. The van der Waals surface area contributed by atoms with Gasteiger partial charge in [0.1, 0.15) is 0 Å². The lowest BCUT2D eigenvalue weighted by Crippen LogP contribution is -2.27. The second-order valence-corrected chi connectivity index (χ2v) is 3.51. The van der Waals surface area contributed by atoms with Gasteiger partial charge in [0.05, 0.1) is 0 Å². The molecule has 0 aromatic carbocycles. The monoisotopic (exact) mass is 189 g/mol. The molecule has 0 bridgehead atoms. The molecule has 1 atom stereocenters. The summed E-state index contributed by atoms with van der Waals surface area (Å²) in [6, 6.07) is 0.419. The lowest BCUT2D eigenvalue weighted by atomic mass is 10.2. The summed E-state index contributed by atoms with van der Waals surface area (Å²) in [4.78, 5) is 0. The summed E-state index contributed by atoms with van der Waals surface area (Å²) in [6.45, 7) is 3.68. The van der Waals surface area contributed by atoms with Crippen molar-refractivity contribution in [2.24, 2.45) is 0 Å². The molecule has 0 rings (SSSR count). The van der Waals surface area contributed by atoms with Gasteiger partial charge in [-0.05, 0) is 32.7 Å². The Morgan fingerprint density at radius 3 is 2.31 bits per heavy atom. The first-order chi connectivity index (χ1) is 6.31. The van der Waals surface area contributed by atoms with Crippen LogP contribution in [-0.4, -0.2) is 36.0 Å². The maximum atomic E-state index is 8.64. The van der Waals surface area contributed by atoms with Crippen molar-refractivity contribution in [1.82, 2.24) is 5.32 Å². The van der Waals surface area contributed by atoms with E-state index < -0.39 is 0 Å². The number of unbranched alkanes of at least 4 members (excludes halogenated alkanes) is 3. The highest BCUT2D eigenvalue weighted by atomic mass is 16.3. The van der Waals surface area contributed by atoms with Crippen molar-refractivity contribution in [3.63, 3.8) is 0 Å². The minimum atomic E-state index is 0.263. The van der Waals surface area contributed by atoms with Crippen LogP contribution in [0.2, 0.25) is 0 Å². The molecule has 0 fully saturated rings. The highest BCUT2D eigenvalue weighted by Crippen LogP contribution is 1.98. The van der Waals surface area contributed by atoms with Crippen molar-refractivity contribution in [2.45, 2.75) is 45.1 Å². The van der Waals surface area contributed by atoms with Crippen LogP contribution < -0.4 is 5.32 Å². The molecule has 1 unspecified atom stereocenters. The van der Waals surface area contributed by atoms with Gasteiger partial charge in [-0.3, -0.25) is 0 Å². The van der Waals surface area contributed by atoms with Gasteiger partial charge < -0.3 is 15.5 Å². The molecule has 0 aromatic heterocycles. The van der Waals surface area contributed by atoms with Crippen molar-refractivity contribution < 1.29 is 10.2 Å². The van der Waals surface area contributed by atoms with Gasteiger partial charge in [0.25, 0.3) is 0 Å². The third-order valence-electron chi connectivity index (χ3n) is 2.14. The van der Waals surface area contributed by atoms with Crippen LogP contribution in [0.25, 0.3) is 0 Å². The van der Waals surface area contributed by atoms with Crippen LogP contribution in [0.5, 0.6) is 0 Å². The number of aliphatic hydroxyl groups is 2. The Morgan fingerprint density at radius 2 is 1.69 bits per heavy atom. The number of nitrogens with one attached hydrogen (secondary N) is 1. The summed E-state index contributed by atoms with van der Waals surface area (Å²) in [6.07, 6.45) is 5.21. The molecular formula is C10H23NO2. The molecule has 0 amide bonds. The van der Waals surface area contributed by atoms with Crippen LogP contribution >= 0.6 is 0 Å². The number of rotatable bonds is 9. The second kappa shape index (κ2) is 9.96. The van der Waals surface area contributed by atoms with Gasteiger partial charge in [-0.2, -0.15) is 0 Å². The standard InChI is InChI=1S/C10H23NO2/c1-10(6-9-13)11-7-4-2-3-5-8-12/h10-13H,2-9H2,1H3. The Labute approximate surface area is 81.2 Å². The normalized spacial score (nSPS) is 13.2. The molecule has 0 aliphatic rings. The highest BCUT2D eigenvalue weighted by Gasteiger charge is 1.98. The Morgan fingerprint density at radius 1 is 1.00 bits per heavy atom. The first-order valence-electron chi connectivity index (χ1n) is 5.26. The fraction of sp³-hybridized carbons (Fsp3) is 1.00. The Hall–Kier alpha value is -0.120. The van der Waals surface area contributed by atoms with E-state index in [4.69, 9.17) is 10.2 Å². The Bertz CT molecular complexity index is 98.9. The van der Waals surface area contributed by atoms with Gasteiger partial charge >= 0.3 is 0 Å². The molecule has 0 radical (unpaired) electrons. The van der Waals surface area contributed by atoms with Gasteiger partial charge in [-0.1, -0.05) is 12.8 Å². The predicted octanol–water partition coefficient (Wildman–Crippen LogP) is 0.900. The molecule has 0 saturated heterocycles. The van der Waals surface area contributed by atoms with E-state index in [2.05, 4.69) is 12.2 Å². The molecule has 3 heteroatoms. The molecule has 0 aliphatic heterocycles. The van der Waals surface area contributed by atoms with E-state index in [1.54, 1.807) is 0 Å². The molecule has 0 aliphatic carbocycles. The van der Waals surface area contributed by atoms with Gasteiger partial charge in [-0.15, -0.1) is 0 Å². The van der Waals surface area contributed by atoms with Gasteiger partial charge in [-0.25, -0.2) is 0 Å². The number of aliphatic hydroxyl groups excluding tert-OH is 2. The third kappa shape index (κ3) is 9.80. The molecule has 80 valence electrons. The van der Waals surface area contributed by atoms with Crippen LogP contribution in [0.15, 0.2) is 0 Å². The Kier molecular flexibility index (Phi) is 9.87. The van der Waals surface area contributed by atoms with E-state index in [0.717, 1.165) is 32.2 Å². The lowest BCUT2D eigenvalue weighted by Gasteiger charge is -2.11. The maximum Gasteiger partial charge on any atom is 0.0445 e. The predicted molar refractivity (Wildman–Crippen MR) is 54.7 cm³/mol. The molecule has 0 spiro atoms. The van der Waals surface area contributed by atoms with E-state index in [0.29, 0.717) is 12.6 Å². The van der Waals surface area contributed by atoms with Crippen molar-refractivity contribution >= 4 is 0 Å². The van der Waals surface area contributed by atoms with Crippen molar-refractivity contribution in [3.8, 4) is 0 Å². The van der Waals surface area contributed by atoms with Gasteiger partial charge in [0, 0.05) is 19.3 Å². The average molecular weight is 189 g/mol. The maximum absolute atomic E-state index is 8.64. The minimum Gasteiger partial charge on any atom is -0.396 e. The molecule has 3 nitrogen and oxygen atoms in total. The fourth-order valence-electron chi connectivity index (χ4n) is 1.23. The van der Waals surface area contributed by atoms with E-state index >= 15 is 0 Å². The zero-order chi connectivity index (χ0) is 9.94. The SMILES string of the molecule is CC(CCO)NCCCCCCO. The van der Waals surface area contributed by atoms with E-state index in [1.165, 1.54) is 6.42 Å². The molecular weight excluding hydrogens is 166 g/mol. The van der Waals surface area contributed by atoms with E-state index in [-0.39, 0.29) is 6.61 Å². The number of hydrogen-bond acceptors (Lipinski definition) is 3.